The molecule has 0 radical (unpaired) electrons. The fourth-order valence-electron chi connectivity index (χ4n) is 3.70. The van der Waals surface area contributed by atoms with Gasteiger partial charge < -0.3 is 19.2 Å². The van der Waals surface area contributed by atoms with E-state index < -0.39 is 18.0 Å². The van der Waals surface area contributed by atoms with Crippen LogP contribution in [0.5, 0.6) is 0 Å². The van der Waals surface area contributed by atoms with Crippen LogP contribution in [0.3, 0.4) is 0 Å². The van der Waals surface area contributed by atoms with Crippen molar-refractivity contribution in [3.8, 4) is 34.0 Å². The molecule has 4 aromatic rings. The fourth-order valence-corrected chi connectivity index (χ4v) is 3.70. The van der Waals surface area contributed by atoms with Gasteiger partial charge in [0.05, 0.1) is 24.3 Å². The van der Waals surface area contributed by atoms with E-state index >= 15 is 0 Å². The molecule has 3 aromatic heterocycles. The molecule has 0 spiro atoms. The Morgan fingerprint density at radius 2 is 1.59 bits per heavy atom. The average Bonchev–Trinajstić information content (AvgIpc) is 3.44. The molecule has 0 atom stereocenters. The van der Waals surface area contributed by atoms with Crippen molar-refractivity contribution in [3.63, 3.8) is 0 Å². The highest BCUT2D eigenvalue weighted by atomic mass is 16.5. The third-order valence-corrected chi connectivity index (χ3v) is 5.35. The van der Waals surface area contributed by atoms with Gasteiger partial charge in [0.1, 0.15) is 11.4 Å². The lowest BCUT2D eigenvalue weighted by Gasteiger charge is -2.16. The molecule has 0 aliphatic heterocycles. The first-order valence-corrected chi connectivity index (χ1v) is 12.2. The number of aromatic nitrogens is 4. The van der Waals surface area contributed by atoms with Crippen LogP contribution in [0.2, 0.25) is 0 Å². The monoisotopic (exact) mass is 530 g/mol. The van der Waals surface area contributed by atoms with Crippen LogP contribution in [0.15, 0.2) is 59.4 Å². The molecular weight excluding hydrogens is 504 g/mol. The van der Waals surface area contributed by atoms with Gasteiger partial charge in [-0.3, -0.25) is 10.3 Å². The first-order valence-electron chi connectivity index (χ1n) is 12.2. The Morgan fingerprint density at radius 3 is 2.31 bits per heavy atom. The van der Waals surface area contributed by atoms with Crippen molar-refractivity contribution in [2.75, 3.05) is 25.1 Å². The number of nitrogens with zero attached hydrogens (tertiary/aromatic N) is 4. The summed E-state index contributed by atoms with van der Waals surface area (Å²) < 4.78 is 16.4. The van der Waals surface area contributed by atoms with E-state index in [1.165, 1.54) is 18.6 Å². The highest BCUT2D eigenvalue weighted by molar-refractivity contribution is 6.07. The van der Waals surface area contributed by atoms with Gasteiger partial charge in [-0.1, -0.05) is 18.2 Å². The number of esters is 2. The summed E-state index contributed by atoms with van der Waals surface area (Å²) in [6.45, 7) is 5.69. The average molecular weight is 531 g/mol. The quantitative estimate of drug-likeness (QED) is 0.298. The van der Waals surface area contributed by atoms with Crippen molar-refractivity contribution in [1.82, 2.24) is 25.5 Å². The first-order chi connectivity index (χ1) is 19.0. The number of carbonyl (C=O) groups excluding carboxylic acids is 3. The lowest BCUT2D eigenvalue weighted by molar-refractivity contribution is 0.0517. The Labute approximate surface area is 223 Å². The minimum absolute atomic E-state index is 0.0326. The van der Waals surface area contributed by atoms with Crippen LogP contribution in [0.25, 0.3) is 34.0 Å². The summed E-state index contributed by atoms with van der Waals surface area (Å²) in [4.78, 5) is 46.6. The van der Waals surface area contributed by atoms with Gasteiger partial charge in [0.15, 0.2) is 0 Å². The zero-order chi connectivity index (χ0) is 27.8. The maximum Gasteiger partial charge on any atom is 0.342 e. The lowest BCUT2D eigenvalue weighted by Crippen LogP contribution is -2.29. The Balaban J connectivity index is 1.96. The van der Waals surface area contributed by atoms with Crippen molar-refractivity contribution in [1.29, 1.82) is 0 Å². The molecule has 2 amide bonds. The maximum absolute atomic E-state index is 13.3. The van der Waals surface area contributed by atoms with Gasteiger partial charge in [-0.05, 0) is 39.0 Å². The first kappa shape index (κ1) is 26.9. The van der Waals surface area contributed by atoms with Crippen molar-refractivity contribution in [3.05, 3.63) is 66.1 Å². The van der Waals surface area contributed by atoms with Gasteiger partial charge in [0.2, 0.25) is 11.8 Å². The second kappa shape index (κ2) is 12.4. The van der Waals surface area contributed by atoms with E-state index in [2.05, 4.69) is 30.8 Å². The predicted molar refractivity (Wildman–Crippen MR) is 141 cm³/mol. The number of anilines is 1. The molecule has 200 valence electrons. The topological polar surface area (TPSA) is 158 Å². The Kier molecular flexibility index (Phi) is 8.57. The summed E-state index contributed by atoms with van der Waals surface area (Å²) in [5.41, 5.74) is 1.64. The predicted octanol–water partition coefficient (Wildman–Crippen LogP) is 4.36. The van der Waals surface area contributed by atoms with Crippen LogP contribution >= 0.6 is 0 Å². The van der Waals surface area contributed by atoms with Crippen molar-refractivity contribution >= 4 is 23.8 Å². The minimum Gasteiger partial charge on any atom is -0.462 e. The summed E-state index contributed by atoms with van der Waals surface area (Å²) >= 11 is 0. The van der Waals surface area contributed by atoms with Gasteiger partial charge in [-0.15, -0.1) is 10.2 Å². The zero-order valence-corrected chi connectivity index (χ0v) is 21.6. The Morgan fingerprint density at radius 1 is 0.872 bits per heavy atom. The van der Waals surface area contributed by atoms with Gasteiger partial charge in [0, 0.05) is 41.8 Å². The number of ether oxygens (including phenoxy) is 2. The second-order valence-corrected chi connectivity index (χ2v) is 7.94. The molecule has 0 bridgehead atoms. The molecule has 0 saturated heterocycles. The Bertz CT molecular complexity index is 1490. The molecule has 2 N–H and O–H groups in total. The standard InChI is InChI=1S/C27H26N6O6/c1-4-29-27(36)31-22-21(26(35)38-6-3)20(24-33-32-23(39-24)16-10-8-7-9-11-16)19(15-30-22)17-12-18(14-28-13-17)25(34)37-5-2/h7-15H,4-6H2,1-3H3,(H2,29,30,31,36). The van der Waals surface area contributed by atoms with Gasteiger partial charge in [-0.2, -0.15) is 0 Å². The van der Waals surface area contributed by atoms with Crippen molar-refractivity contribution < 1.29 is 28.3 Å². The van der Waals surface area contributed by atoms with Crippen molar-refractivity contribution in [2.24, 2.45) is 0 Å². The van der Waals surface area contributed by atoms with Crippen LogP contribution in [0.1, 0.15) is 41.5 Å². The third kappa shape index (κ3) is 6.06. The van der Waals surface area contributed by atoms with Gasteiger partial charge in [-0.25, -0.2) is 19.4 Å². The van der Waals surface area contributed by atoms with E-state index in [0.717, 1.165) is 0 Å². The molecule has 1 aromatic carbocycles. The van der Waals surface area contributed by atoms with Crippen LogP contribution in [0.4, 0.5) is 10.6 Å². The summed E-state index contributed by atoms with van der Waals surface area (Å²) in [7, 11) is 0. The van der Waals surface area contributed by atoms with E-state index in [9.17, 15) is 14.4 Å². The summed E-state index contributed by atoms with van der Waals surface area (Å²) in [5, 5.41) is 13.5. The van der Waals surface area contributed by atoms with Crippen molar-refractivity contribution in [2.45, 2.75) is 20.8 Å². The van der Waals surface area contributed by atoms with Crippen LogP contribution in [0, 0.1) is 0 Å². The number of pyridine rings is 2. The molecule has 0 fully saturated rings. The number of hydrogen-bond acceptors (Lipinski definition) is 10. The highest BCUT2D eigenvalue weighted by Crippen LogP contribution is 2.38. The second-order valence-electron chi connectivity index (χ2n) is 7.94. The van der Waals surface area contributed by atoms with E-state index in [4.69, 9.17) is 13.9 Å². The van der Waals surface area contributed by atoms with Crippen LogP contribution in [-0.2, 0) is 9.47 Å². The number of urea groups is 1. The number of carbonyl (C=O) groups is 3. The van der Waals surface area contributed by atoms with Gasteiger partial charge in [0.25, 0.3) is 0 Å². The summed E-state index contributed by atoms with van der Waals surface area (Å²) in [6.07, 6.45) is 4.27. The molecule has 39 heavy (non-hydrogen) atoms. The largest absolute Gasteiger partial charge is 0.462 e. The number of nitrogens with one attached hydrogen (secondary N) is 2. The van der Waals surface area contributed by atoms with E-state index in [-0.39, 0.29) is 47.5 Å². The zero-order valence-electron chi connectivity index (χ0n) is 21.6. The van der Waals surface area contributed by atoms with Crippen LogP contribution in [-0.4, -0.2) is 57.9 Å². The molecule has 0 saturated carbocycles. The van der Waals surface area contributed by atoms with Crippen LogP contribution < -0.4 is 10.6 Å². The Hall–Kier alpha value is -5.13. The summed E-state index contributed by atoms with van der Waals surface area (Å²) in [5.74, 6) is -1.24. The number of amides is 2. The van der Waals surface area contributed by atoms with E-state index in [1.807, 2.05) is 18.2 Å². The fraction of sp³-hybridized carbons (Fsp3) is 0.222. The minimum atomic E-state index is -0.775. The molecule has 4 rings (SSSR count). The third-order valence-electron chi connectivity index (χ3n) is 5.35. The normalized spacial score (nSPS) is 10.5. The molecule has 3 heterocycles. The smallest absolute Gasteiger partial charge is 0.342 e. The van der Waals surface area contributed by atoms with E-state index in [0.29, 0.717) is 23.2 Å². The molecule has 12 nitrogen and oxygen atoms in total. The maximum atomic E-state index is 13.3. The molecular formula is C27H26N6O6. The van der Waals surface area contributed by atoms with Gasteiger partial charge >= 0.3 is 18.0 Å². The molecule has 0 aliphatic carbocycles. The summed E-state index contributed by atoms with van der Waals surface area (Å²) in [6, 6.07) is 10.1. The number of benzene rings is 1. The number of hydrogen-bond donors (Lipinski definition) is 2. The lowest BCUT2D eigenvalue weighted by atomic mass is 9.97. The van der Waals surface area contributed by atoms with E-state index in [1.54, 1.807) is 39.0 Å². The molecule has 12 heteroatoms. The molecule has 0 aliphatic rings. The SMILES string of the molecule is CCNC(=O)Nc1ncc(-c2cncc(C(=O)OCC)c2)c(-c2nnc(-c3ccccc3)o2)c1C(=O)OCC. The highest BCUT2D eigenvalue weighted by Gasteiger charge is 2.29. The number of rotatable bonds is 9. The molecule has 0 unspecified atom stereocenters.